The largest absolute Gasteiger partial charge is 0.378 e. The summed E-state index contributed by atoms with van der Waals surface area (Å²) in [5, 5.41) is 5.52. The molecule has 1 aliphatic carbocycles. The molecule has 4 rings (SSSR count). The van der Waals surface area contributed by atoms with Gasteiger partial charge in [0.1, 0.15) is 17.9 Å². The number of nitrogens with one attached hydrogen (secondary N) is 2. The number of aromatic nitrogens is 1. The van der Waals surface area contributed by atoms with Crippen LogP contribution < -0.4 is 15.5 Å². The zero-order chi connectivity index (χ0) is 19.6. The summed E-state index contributed by atoms with van der Waals surface area (Å²) < 4.78 is 5.33. The number of urea groups is 1. The number of anilines is 2. The fourth-order valence-corrected chi connectivity index (χ4v) is 4.10. The monoisotopic (exact) mass is 387 g/mol. The highest BCUT2D eigenvalue weighted by atomic mass is 16.5. The van der Waals surface area contributed by atoms with Crippen molar-refractivity contribution in [2.24, 2.45) is 0 Å². The summed E-state index contributed by atoms with van der Waals surface area (Å²) in [5.41, 5.74) is -0.279. The molecule has 4 amide bonds. The number of ether oxygens (including phenoxy) is 1. The lowest BCUT2D eigenvalue weighted by Crippen LogP contribution is -2.48. The zero-order valence-electron chi connectivity index (χ0n) is 15.8. The molecule has 2 saturated heterocycles. The Bertz CT molecular complexity index is 754. The van der Waals surface area contributed by atoms with Gasteiger partial charge in [-0.25, -0.2) is 9.78 Å². The Hall–Kier alpha value is -2.68. The van der Waals surface area contributed by atoms with Crippen molar-refractivity contribution in [3.05, 3.63) is 18.3 Å². The summed E-state index contributed by atoms with van der Waals surface area (Å²) in [4.78, 5) is 44.9. The van der Waals surface area contributed by atoms with Crippen molar-refractivity contribution in [1.29, 1.82) is 0 Å². The molecule has 2 N–H and O–H groups in total. The average Bonchev–Trinajstić information content (AvgIpc) is 2.93. The van der Waals surface area contributed by atoms with Gasteiger partial charge >= 0.3 is 6.03 Å². The lowest BCUT2D eigenvalue weighted by Gasteiger charge is -2.30. The molecule has 0 radical (unpaired) electrons. The molecule has 1 aromatic rings. The van der Waals surface area contributed by atoms with Crippen LogP contribution in [0.4, 0.5) is 16.3 Å². The molecule has 3 heterocycles. The van der Waals surface area contributed by atoms with Crippen LogP contribution >= 0.6 is 0 Å². The number of pyridine rings is 1. The Kier molecular flexibility index (Phi) is 5.17. The van der Waals surface area contributed by atoms with Crippen LogP contribution in [0, 0.1) is 0 Å². The quantitative estimate of drug-likeness (QED) is 0.750. The van der Waals surface area contributed by atoms with Crippen LogP contribution in [-0.4, -0.2) is 66.1 Å². The molecule has 1 spiro atoms. The molecule has 3 aliphatic rings. The highest BCUT2D eigenvalue weighted by molar-refractivity contribution is 6.10. The molecule has 9 heteroatoms. The molecule has 3 fully saturated rings. The fourth-order valence-electron chi connectivity index (χ4n) is 4.10. The van der Waals surface area contributed by atoms with Crippen molar-refractivity contribution in [3.63, 3.8) is 0 Å². The second-order valence-corrected chi connectivity index (χ2v) is 7.52. The van der Waals surface area contributed by atoms with E-state index in [9.17, 15) is 14.4 Å². The van der Waals surface area contributed by atoms with Crippen molar-refractivity contribution in [1.82, 2.24) is 15.2 Å². The Labute approximate surface area is 163 Å². The summed E-state index contributed by atoms with van der Waals surface area (Å²) in [6, 6.07) is 3.12. The zero-order valence-corrected chi connectivity index (χ0v) is 15.8. The summed E-state index contributed by atoms with van der Waals surface area (Å²) in [6.45, 7) is 2.62. The first-order valence-electron chi connectivity index (χ1n) is 9.80. The minimum Gasteiger partial charge on any atom is -0.378 e. The standard InChI is InChI=1S/C19H25N5O4/c25-16(13-24-17(26)19(22-18(24)27)6-2-1-3-7-19)21-14-4-5-15(20-12-14)23-8-10-28-11-9-23/h4-5,12H,1-3,6-11,13H2,(H,21,25)(H,22,27). The number of carbonyl (C=O) groups is 3. The third-order valence-electron chi connectivity index (χ3n) is 5.62. The highest BCUT2D eigenvalue weighted by Crippen LogP contribution is 2.33. The number of amides is 4. The SMILES string of the molecule is O=C(CN1C(=O)NC2(CCCCC2)C1=O)Nc1ccc(N2CCOCC2)nc1. The number of imide groups is 1. The van der Waals surface area contributed by atoms with Gasteiger partial charge in [0.2, 0.25) is 5.91 Å². The van der Waals surface area contributed by atoms with Gasteiger partial charge < -0.3 is 20.3 Å². The summed E-state index contributed by atoms with van der Waals surface area (Å²) in [6.07, 6.45) is 5.75. The molecule has 9 nitrogen and oxygen atoms in total. The molecular formula is C19H25N5O4. The maximum atomic E-state index is 12.7. The third-order valence-corrected chi connectivity index (χ3v) is 5.62. The minimum atomic E-state index is -0.809. The lowest BCUT2D eigenvalue weighted by atomic mass is 9.82. The van der Waals surface area contributed by atoms with Crippen LogP contribution in [0.25, 0.3) is 0 Å². The van der Waals surface area contributed by atoms with Crippen LogP contribution in [-0.2, 0) is 14.3 Å². The number of hydrogen-bond donors (Lipinski definition) is 2. The predicted molar refractivity (Wildman–Crippen MR) is 102 cm³/mol. The molecular weight excluding hydrogens is 362 g/mol. The van der Waals surface area contributed by atoms with Gasteiger partial charge in [-0.2, -0.15) is 0 Å². The summed E-state index contributed by atoms with van der Waals surface area (Å²) >= 11 is 0. The van der Waals surface area contributed by atoms with Gasteiger partial charge in [-0.15, -0.1) is 0 Å². The molecule has 1 aromatic heterocycles. The molecule has 0 atom stereocenters. The van der Waals surface area contributed by atoms with E-state index in [-0.39, 0.29) is 12.5 Å². The molecule has 1 saturated carbocycles. The first-order valence-corrected chi connectivity index (χ1v) is 9.80. The van der Waals surface area contributed by atoms with Crippen molar-refractivity contribution in [2.45, 2.75) is 37.6 Å². The maximum Gasteiger partial charge on any atom is 0.325 e. The fraction of sp³-hybridized carbons (Fsp3) is 0.579. The highest BCUT2D eigenvalue weighted by Gasteiger charge is 2.51. The first kappa shape index (κ1) is 18.7. The number of rotatable bonds is 4. The second-order valence-electron chi connectivity index (χ2n) is 7.52. The number of hydrogen-bond acceptors (Lipinski definition) is 6. The van der Waals surface area contributed by atoms with E-state index in [1.54, 1.807) is 12.3 Å². The third kappa shape index (κ3) is 3.66. The molecule has 0 unspecified atom stereocenters. The van der Waals surface area contributed by atoms with Gasteiger partial charge in [-0.05, 0) is 25.0 Å². The van der Waals surface area contributed by atoms with Gasteiger partial charge in [-0.1, -0.05) is 19.3 Å². The normalized spacial score (nSPS) is 21.7. The van der Waals surface area contributed by atoms with Gasteiger partial charge in [0, 0.05) is 13.1 Å². The van der Waals surface area contributed by atoms with Crippen LogP contribution in [0.15, 0.2) is 18.3 Å². The van der Waals surface area contributed by atoms with Crippen molar-refractivity contribution in [2.75, 3.05) is 43.1 Å². The smallest absolute Gasteiger partial charge is 0.325 e. The van der Waals surface area contributed by atoms with Gasteiger partial charge in [0.05, 0.1) is 25.1 Å². The average molecular weight is 387 g/mol. The maximum absolute atomic E-state index is 12.7. The first-order chi connectivity index (χ1) is 13.6. The molecule has 28 heavy (non-hydrogen) atoms. The second kappa shape index (κ2) is 7.75. The van der Waals surface area contributed by atoms with Crippen LogP contribution in [0.1, 0.15) is 32.1 Å². The van der Waals surface area contributed by atoms with E-state index in [1.807, 2.05) is 6.07 Å². The van der Waals surface area contributed by atoms with E-state index in [0.717, 1.165) is 43.1 Å². The Morgan fingerprint density at radius 2 is 1.93 bits per heavy atom. The van der Waals surface area contributed by atoms with Crippen LogP contribution in [0.5, 0.6) is 0 Å². The van der Waals surface area contributed by atoms with Crippen LogP contribution in [0.2, 0.25) is 0 Å². The molecule has 150 valence electrons. The topological polar surface area (TPSA) is 104 Å². The van der Waals surface area contributed by atoms with Crippen molar-refractivity contribution < 1.29 is 19.1 Å². The number of nitrogens with zero attached hydrogens (tertiary/aromatic N) is 3. The minimum absolute atomic E-state index is 0.284. The van der Waals surface area contributed by atoms with Gasteiger partial charge in [0.25, 0.3) is 5.91 Å². The molecule has 0 bridgehead atoms. The predicted octanol–water partition coefficient (Wildman–Crippen LogP) is 1.11. The molecule has 0 aromatic carbocycles. The van der Waals surface area contributed by atoms with Gasteiger partial charge in [-0.3, -0.25) is 14.5 Å². The van der Waals surface area contributed by atoms with E-state index >= 15 is 0 Å². The van der Waals surface area contributed by atoms with Crippen molar-refractivity contribution >= 4 is 29.4 Å². The van der Waals surface area contributed by atoms with E-state index < -0.39 is 17.5 Å². The lowest BCUT2D eigenvalue weighted by molar-refractivity contribution is -0.134. The summed E-state index contributed by atoms with van der Waals surface area (Å²) in [7, 11) is 0. The van der Waals surface area contributed by atoms with Crippen LogP contribution in [0.3, 0.4) is 0 Å². The Morgan fingerprint density at radius 3 is 2.61 bits per heavy atom. The van der Waals surface area contributed by atoms with Crippen molar-refractivity contribution in [3.8, 4) is 0 Å². The number of morpholine rings is 1. The van der Waals surface area contributed by atoms with E-state index in [2.05, 4.69) is 20.5 Å². The van der Waals surface area contributed by atoms with E-state index in [0.29, 0.717) is 31.7 Å². The van der Waals surface area contributed by atoms with E-state index in [4.69, 9.17) is 4.74 Å². The summed E-state index contributed by atoms with van der Waals surface area (Å²) in [5.74, 6) is 0.125. The number of carbonyl (C=O) groups excluding carboxylic acids is 3. The molecule has 2 aliphatic heterocycles. The van der Waals surface area contributed by atoms with Gasteiger partial charge in [0.15, 0.2) is 0 Å². The van der Waals surface area contributed by atoms with E-state index in [1.165, 1.54) is 0 Å². The Balaban J connectivity index is 1.35. The Morgan fingerprint density at radius 1 is 1.18 bits per heavy atom.